The summed E-state index contributed by atoms with van der Waals surface area (Å²) in [5, 5.41) is 18.9. The van der Waals surface area contributed by atoms with Crippen LogP contribution in [0.4, 0.5) is 10.2 Å². The molecule has 1 amide bonds. The topological polar surface area (TPSA) is 87.5 Å². The molecule has 160 valence electrons. The zero-order valence-corrected chi connectivity index (χ0v) is 17.4. The van der Waals surface area contributed by atoms with Crippen LogP contribution in [-0.2, 0) is 6.42 Å². The van der Waals surface area contributed by atoms with E-state index in [1.54, 1.807) is 16.6 Å². The SMILES string of the molecule is CCN(CC)CCCNc1ccc2nnc(CCNC(=O)c3ccccc3F)n2n1. The van der Waals surface area contributed by atoms with Crippen molar-refractivity contribution in [3.63, 3.8) is 0 Å². The van der Waals surface area contributed by atoms with Crippen molar-refractivity contribution in [3.8, 4) is 0 Å². The molecule has 0 spiro atoms. The van der Waals surface area contributed by atoms with Crippen LogP contribution in [0.2, 0.25) is 0 Å². The van der Waals surface area contributed by atoms with E-state index in [1.165, 1.54) is 12.1 Å². The van der Waals surface area contributed by atoms with E-state index in [0.717, 1.165) is 38.4 Å². The molecule has 0 unspecified atom stereocenters. The normalized spacial score (nSPS) is 11.2. The van der Waals surface area contributed by atoms with Crippen molar-refractivity contribution in [2.24, 2.45) is 0 Å². The van der Waals surface area contributed by atoms with Crippen LogP contribution in [0.3, 0.4) is 0 Å². The maximum atomic E-state index is 13.7. The van der Waals surface area contributed by atoms with Gasteiger partial charge in [0.05, 0.1) is 5.56 Å². The van der Waals surface area contributed by atoms with Crippen molar-refractivity contribution in [2.75, 3.05) is 38.0 Å². The fourth-order valence-corrected chi connectivity index (χ4v) is 3.17. The molecule has 0 radical (unpaired) electrons. The maximum Gasteiger partial charge on any atom is 0.254 e. The molecule has 2 N–H and O–H groups in total. The highest BCUT2D eigenvalue weighted by atomic mass is 19.1. The van der Waals surface area contributed by atoms with Crippen LogP contribution in [-0.4, -0.2) is 63.3 Å². The van der Waals surface area contributed by atoms with E-state index in [1.807, 2.05) is 12.1 Å². The summed E-state index contributed by atoms with van der Waals surface area (Å²) in [6.45, 7) is 8.61. The second-order valence-corrected chi connectivity index (χ2v) is 6.90. The summed E-state index contributed by atoms with van der Waals surface area (Å²) >= 11 is 0. The summed E-state index contributed by atoms with van der Waals surface area (Å²) in [4.78, 5) is 14.5. The van der Waals surface area contributed by atoms with Gasteiger partial charge in [0, 0.05) is 19.5 Å². The molecule has 0 atom stereocenters. The van der Waals surface area contributed by atoms with E-state index in [0.29, 0.717) is 24.4 Å². The van der Waals surface area contributed by atoms with E-state index in [2.05, 4.69) is 44.7 Å². The molecule has 30 heavy (non-hydrogen) atoms. The third kappa shape index (κ3) is 5.50. The van der Waals surface area contributed by atoms with Gasteiger partial charge < -0.3 is 15.5 Å². The van der Waals surface area contributed by atoms with Crippen molar-refractivity contribution in [1.82, 2.24) is 30.0 Å². The van der Waals surface area contributed by atoms with Crippen LogP contribution in [0.1, 0.15) is 36.5 Å². The lowest BCUT2D eigenvalue weighted by molar-refractivity contribution is 0.0950. The molecule has 0 aliphatic carbocycles. The molecule has 0 aliphatic heterocycles. The van der Waals surface area contributed by atoms with Gasteiger partial charge in [-0.1, -0.05) is 26.0 Å². The number of hydrogen-bond acceptors (Lipinski definition) is 6. The molecule has 0 saturated carbocycles. The predicted octanol–water partition coefficient (Wildman–Crippen LogP) is 2.38. The lowest BCUT2D eigenvalue weighted by atomic mass is 10.2. The number of anilines is 1. The van der Waals surface area contributed by atoms with Crippen LogP contribution in [0.25, 0.3) is 5.65 Å². The molecule has 2 aromatic heterocycles. The molecule has 1 aromatic carbocycles. The highest BCUT2D eigenvalue weighted by molar-refractivity contribution is 5.94. The molecular weight excluding hydrogens is 385 g/mol. The van der Waals surface area contributed by atoms with Gasteiger partial charge in [-0.2, -0.15) is 4.52 Å². The number of rotatable bonds is 11. The van der Waals surface area contributed by atoms with Gasteiger partial charge in [0.25, 0.3) is 5.91 Å². The number of fused-ring (bicyclic) bond motifs is 1. The average Bonchev–Trinajstić information content (AvgIpc) is 3.16. The standard InChI is InChI=1S/C21H28FN7O/c1-3-28(4-2)15-7-13-23-18-10-11-19-25-26-20(29(19)27-18)12-14-24-21(30)16-8-5-6-9-17(16)22/h5-6,8-11H,3-4,7,12-15H2,1-2H3,(H,23,27)(H,24,30). The Bertz CT molecular complexity index is 971. The molecule has 9 heteroatoms. The summed E-state index contributed by atoms with van der Waals surface area (Å²) in [5.41, 5.74) is 0.664. The summed E-state index contributed by atoms with van der Waals surface area (Å²) < 4.78 is 15.4. The molecule has 8 nitrogen and oxygen atoms in total. The number of carbonyl (C=O) groups excluding carboxylic acids is 1. The summed E-state index contributed by atoms with van der Waals surface area (Å²) in [6.07, 6.45) is 1.46. The molecule has 0 aliphatic rings. The van der Waals surface area contributed by atoms with Gasteiger partial charge in [0.15, 0.2) is 11.5 Å². The number of carbonyl (C=O) groups is 1. The van der Waals surface area contributed by atoms with Crippen molar-refractivity contribution < 1.29 is 9.18 Å². The van der Waals surface area contributed by atoms with Crippen molar-refractivity contribution >= 4 is 17.4 Å². The third-order valence-corrected chi connectivity index (χ3v) is 4.93. The Morgan fingerprint density at radius 3 is 2.67 bits per heavy atom. The van der Waals surface area contributed by atoms with Crippen molar-refractivity contribution in [2.45, 2.75) is 26.7 Å². The maximum absolute atomic E-state index is 13.7. The first-order chi connectivity index (χ1) is 14.6. The molecular formula is C21H28FN7O. The molecule has 3 aromatic rings. The Morgan fingerprint density at radius 1 is 1.10 bits per heavy atom. The monoisotopic (exact) mass is 413 g/mol. The van der Waals surface area contributed by atoms with E-state index in [4.69, 9.17) is 0 Å². The molecule has 2 heterocycles. The fourth-order valence-electron chi connectivity index (χ4n) is 3.17. The zero-order chi connectivity index (χ0) is 21.3. The summed E-state index contributed by atoms with van der Waals surface area (Å²) in [6, 6.07) is 9.64. The van der Waals surface area contributed by atoms with Crippen LogP contribution in [0, 0.1) is 5.82 Å². The van der Waals surface area contributed by atoms with Crippen LogP contribution in [0.15, 0.2) is 36.4 Å². The number of hydrogen-bond donors (Lipinski definition) is 2. The quantitative estimate of drug-likeness (QED) is 0.470. The average molecular weight is 414 g/mol. The van der Waals surface area contributed by atoms with Crippen LogP contribution >= 0.6 is 0 Å². The predicted molar refractivity (Wildman–Crippen MR) is 114 cm³/mol. The minimum Gasteiger partial charge on any atom is -0.369 e. The molecule has 0 bridgehead atoms. The number of benzene rings is 1. The number of halogens is 1. The minimum absolute atomic E-state index is 0.0259. The number of nitrogens with zero attached hydrogens (tertiary/aromatic N) is 5. The highest BCUT2D eigenvalue weighted by Crippen LogP contribution is 2.09. The second-order valence-electron chi connectivity index (χ2n) is 6.90. The van der Waals surface area contributed by atoms with Gasteiger partial charge in [-0.05, 0) is 50.3 Å². The van der Waals surface area contributed by atoms with Gasteiger partial charge in [-0.3, -0.25) is 4.79 Å². The third-order valence-electron chi connectivity index (χ3n) is 4.93. The smallest absolute Gasteiger partial charge is 0.254 e. The fraction of sp³-hybridized carbons (Fsp3) is 0.429. The highest BCUT2D eigenvalue weighted by Gasteiger charge is 2.12. The molecule has 0 saturated heterocycles. The van der Waals surface area contributed by atoms with Crippen LogP contribution < -0.4 is 10.6 Å². The zero-order valence-electron chi connectivity index (χ0n) is 17.4. The Balaban J connectivity index is 1.54. The lowest BCUT2D eigenvalue weighted by Crippen LogP contribution is -2.27. The van der Waals surface area contributed by atoms with Crippen molar-refractivity contribution in [1.29, 1.82) is 0 Å². The number of amides is 1. The first-order valence-corrected chi connectivity index (χ1v) is 10.3. The second kappa shape index (κ2) is 10.6. The summed E-state index contributed by atoms with van der Waals surface area (Å²) in [5.74, 6) is 0.385. The Morgan fingerprint density at radius 2 is 1.90 bits per heavy atom. The lowest BCUT2D eigenvalue weighted by Gasteiger charge is -2.17. The van der Waals surface area contributed by atoms with E-state index >= 15 is 0 Å². The number of aromatic nitrogens is 4. The summed E-state index contributed by atoms with van der Waals surface area (Å²) in [7, 11) is 0. The van der Waals surface area contributed by atoms with E-state index in [9.17, 15) is 9.18 Å². The van der Waals surface area contributed by atoms with Gasteiger partial charge in [0.2, 0.25) is 0 Å². The Hall–Kier alpha value is -3.07. The van der Waals surface area contributed by atoms with Gasteiger partial charge in [-0.15, -0.1) is 15.3 Å². The molecule has 0 fully saturated rings. The number of nitrogens with one attached hydrogen (secondary N) is 2. The first kappa shape index (κ1) is 21.6. The minimum atomic E-state index is -0.540. The Kier molecular flexibility index (Phi) is 7.67. The largest absolute Gasteiger partial charge is 0.369 e. The van der Waals surface area contributed by atoms with E-state index in [-0.39, 0.29) is 5.56 Å². The molecule has 3 rings (SSSR count). The van der Waals surface area contributed by atoms with Gasteiger partial charge in [0.1, 0.15) is 11.6 Å². The first-order valence-electron chi connectivity index (χ1n) is 10.3. The van der Waals surface area contributed by atoms with Crippen molar-refractivity contribution in [3.05, 3.63) is 53.6 Å². The van der Waals surface area contributed by atoms with Gasteiger partial charge in [-0.25, -0.2) is 4.39 Å². The van der Waals surface area contributed by atoms with Crippen LogP contribution in [0.5, 0.6) is 0 Å². The Labute approximate surface area is 175 Å². The van der Waals surface area contributed by atoms with Gasteiger partial charge >= 0.3 is 0 Å². The van der Waals surface area contributed by atoms with E-state index < -0.39 is 11.7 Å².